The maximum Gasteiger partial charge on any atom is 0.126 e. The molecular formula is C25H36N4. The molecule has 0 bridgehead atoms. The molecule has 1 fully saturated rings. The maximum atomic E-state index is 4.55. The Morgan fingerprint density at radius 1 is 1.03 bits per heavy atom. The predicted octanol–water partition coefficient (Wildman–Crippen LogP) is 5.13. The van der Waals surface area contributed by atoms with Crippen LogP contribution in [0.4, 0.5) is 5.82 Å². The molecule has 0 amide bonds. The first-order valence-electron chi connectivity index (χ1n) is 11.4. The lowest BCUT2D eigenvalue weighted by Crippen LogP contribution is -2.31. The van der Waals surface area contributed by atoms with Gasteiger partial charge in [0.1, 0.15) is 5.82 Å². The summed E-state index contributed by atoms with van der Waals surface area (Å²) in [6.45, 7) is 8.97. The van der Waals surface area contributed by atoms with Crippen molar-refractivity contribution in [3.63, 3.8) is 0 Å². The molecule has 2 heterocycles. The fourth-order valence-corrected chi connectivity index (χ4v) is 4.79. The monoisotopic (exact) mass is 392 g/mol. The van der Waals surface area contributed by atoms with Crippen LogP contribution in [0.25, 0.3) is 0 Å². The van der Waals surface area contributed by atoms with Gasteiger partial charge in [0.15, 0.2) is 0 Å². The van der Waals surface area contributed by atoms with E-state index >= 15 is 0 Å². The Morgan fingerprint density at radius 3 is 2.48 bits per heavy atom. The van der Waals surface area contributed by atoms with Gasteiger partial charge in [-0.1, -0.05) is 50.5 Å². The van der Waals surface area contributed by atoms with Gasteiger partial charge in [-0.3, -0.25) is 4.90 Å². The highest BCUT2D eigenvalue weighted by Crippen LogP contribution is 2.24. The Morgan fingerprint density at radius 2 is 1.76 bits per heavy atom. The Kier molecular flexibility index (Phi) is 6.83. The quantitative estimate of drug-likeness (QED) is 0.653. The van der Waals surface area contributed by atoms with E-state index in [-0.39, 0.29) is 0 Å². The summed E-state index contributed by atoms with van der Waals surface area (Å²) in [5, 5.41) is 7.39. The molecule has 2 aromatic rings. The number of nitrogens with one attached hydrogen (secondary N) is 2. The fraction of sp³-hybridized carbons (Fsp3) is 0.560. The molecule has 29 heavy (non-hydrogen) atoms. The summed E-state index contributed by atoms with van der Waals surface area (Å²) in [5.74, 6) is 1.65. The van der Waals surface area contributed by atoms with Crippen LogP contribution < -0.4 is 10.6 Å². The fourth-order valence-electron chi connectivity index (χ4n) is 4.79. The van der Waals surface area contributed by atoms with E-state index in [4.69, 9.17) is 0 Å². The van der Waals surface area contributed by atoms with E-state index in [1.807, 2.05) is 6.20 Å². The summed E-state index contributed by atoms with van der Waals surface area (Å²) in [7, 11) is 0. The minimum absolute atomic E-state index is 0.336. The number of pyridine rings is 1. The molecule has 2 unspecified atom stereocenters. The Labute approximate surface area is 176 Å². The maximum absolute atomic E-state index is 4.55. The smallest absolute Gasteiger partial charge is 0.126 e. The van der Waals surface area contributed by atoms with Gasteiger partial charge in [0.2, 0.25) is 0 Å². The molecule has 1 aromatic heterocycles. The molecule has 2 N–H and O–H groups in total. The van der Waals surface area contributed by atoms with Gasteiger partial charge in [-0.25, -0.2) is 4.98 Å². The van der Waals surface area contributed by atoms with Crippen molar-refractivity contribution in [1.29, 1.82) is 0 Å². The zero-order chi connectivity index (χ0) is 20.1. The van der Waals surface area contributed by atoms with E-state index in [9.17, 15) is 0 Å². The largest absolute Gasteiger partial charge is 0.367 e. The standard InChI is InChI=1S/C25H36N4/c1-19(16-29-17-22-8-6-7-9-23(22)18-29)15-27-20(2)21-12-13-26-25(14-21)28-24-10-4-3-5-11-24/h6-9,12-14,19-20,24,27H,3-5,10-11,15-18H2,1-2H3,(H,26,28). The number of hydrogen-bond acceptors (Lipinski definition) is 4. The first kappa shape index (κ1) is 20.4. The molecule has 2 aliphatic rings. The number of rotatable bonds is 8. The van der Waals surface area contributed by atoms with E-state index in [1.165, 1.54) is 48.8 Å². The van der Waals surface area contributed by atoms with E-state index < -0.39 is 0 Å². The van der Waals surface area contributed by atoms with Crippen molar-refractivity contribution in [1.82, 2.24) is 15.2 Å². The molecule has 1 saturated carbocycles. The Hall–Kier alpha value is -1.91. The SMILES string of the molecule is CC(CNC(C)c1ccnc(NC2CCCCC2)c1)CN1Cc2ccccc2C1. The third-order valence-corrected chi connectivity index (χ3v) is 6.49. The highest BCUT2D eigenvalue weighted by Gasteiger charge is 2.20. The van der Waals surface area contributed by atoms with E-state index in [0.29, 0.717) is 18.0 Å². The highest BCUT2D eigenvalue weighted by molar-refractivity contribution is 5.39. The highest BCUT2D eigenvalue weighted by atomic mass is 15.1. The molecule has 4 rings (SSSR count). The van der Waals surface area contributed by atoms with Crippen LogP contribution in [0.3, 0.4) is 0 Å². The summed E-state index contributed by atoms with van der Waals surface area (Å²) in [4.78, 5) is 7.12. The molecule has 1 aromatic carbocycles. The van der Waals surface area contributed by atoms with Crippen molar-refractivity contribution in [2.75, 3.05) is 18.4 Å². The van der Waals surface area contributed by atoms with Crippen LogP contribution >= 0.6 is 0 Å². The van der Waals surface area contributed by atoms with Crippen LogP contribution in [0, 0.1) is 5.92 Å². The Balaban J connectivity index is 1.24. The second-order valence-corrected chi connectivity index (χ2v) is 9.13. The number of anilines is 1. The van der Waals surface area contributed by atoms with Crippen LogP contribution in [0.15, 0.2) is 42.6 Å². The van der Waals surface area contributed by atoms with Gasteiger partial charge in [-0.15, -0.1) is 0 Å². The van der Waals surface area contributed by atoms with Crippen LogP contribution in [-0.2, 0) is 13.1 Å². The van der Waals surface area contributed by atoms with Crippen molar-refractivity contribution < 1.29 is 0 Å². The summed E-state index contributed by atoms with van der Waals surface area (Å²) >= 11 is 0. The lowest BCUT2D eigenvalue weighted by Gasteiger charge is -2.24. The predicted molar refractivity (Wildman–Crippen MR) is 121 cm³/mol. The summed E-state index contributed by atoms with van der Waals surface area (Å²) in [5.41, 5.74) is 4.31. The second kappa shape index (κ2) is 9.73. The molecular weight excluding hydrogens is 356 g/mol. The lowest BCUT2D eigenvalue weighted by atomic mass is 9.95. The zero-order valence-electron chi connectivity index (χ0n) is 18.0. The van der Waals surface area contributed by atoms with E-state index in [0.717, 1.165) is 32.0 Å². The summed E-state index contributed by atoms with van der Waals surface area (Å²) in [6.07, 6.45) is 8.57. The molecule has 4 nitrogen and oxygen atoms in total. The molecule has 156 valence electrons. The van der Waals surface area contributed by atoms with Crippen LogP contribution in [0.5, 0.6) is 0 Å². The van der Waals surface area contributed by atoms with Crippen molar-refractivity contribution in [3.8, 4) is 0 Å². The number of hydrogen-bond donors (Lipinski definition) is 2. The average Bonchev–Trinajstić information content (AvgIpc) is 3.15. The van der Waals surface area contributed by atoms with Crippen LogP contribution in [0.2, 0.25) is 0 Å². The van der Waals surface area contributed by atoms with Gasteiger partial charge < -0.3 is 10.6 Å². The molecule has 1 aliphatic carbocycles. The molecule has 0 saturated heterocycles. The van der Waals surface area contributed by atoms with Gasteiger partial charge in [-0.2, -0.15) is 0 Å². The zero-order valence-corrected chi connectivity index (χ0v) is 18.0. The lowest BCUT2D eigenvalue weighted by molar-refractivity contribution is 0.238. The van der Waals surface area contributed by atoms with E-state index in [1.54, 1.807) is 0 Å². The van der Waals surface area contributed by atoms with Crippen molar-refractivity contribution in [2.45, 2.75) is 71.1 Å². The van der Waals surface area contributed by atoms with Gasteiger partial charge in [0.05, 0.1) is 0 Å². The first-order valence-corrected chi connectivity index (χ1v) is 11.4. The topological polar surface area (TPSA) is 40.2 Å². The summed E-state index contributed by atoms with van der Waals surface area (Å²) < 4.78 is 0. The molecule has 0 spiro atoms. The number of aromatic nitrogens is 1. The van der Waals surface area contributed by atoms with Crippen molar-refractivity contribution in [3.05, 3.63) is 59.3 Å². The third kappa shape index (κ3) is 5.58. The van der Waals surface area contributed by atoms with Gasteiger partial charge >= 0.3 is 0 Å². The molecule has 1 aliphatic heterocycles. The van der Waals surface area contributed by atoms with Crippen molar-refractivity contribution in [2.24, 2.45) is 5.92 Å². The summed E-state index contributed by atoms with van der Waals surface area (Å²) in [6, 6.07) is 14.1. The normalized spacial score (nSPS) is 19.7. The Bertz CT molecular complexity index is 759. The average molecular weight is 393 g/mol. The molecule has 0 radical (unpaired) electrons. The van der Waals surface area contributed by atoms with Gasteiger partial charge in [-0.05, 0) is 61.1 Å². The molecule has 2 atom stereocenters. The first-order chi connectivity index (χ1) is 14.2. The number of nitrogens with zero attached hydrogens (tertiary/aromatic N) is 2. The number of benzene rings is 1. The minimum Gasteiger partial charge on any atom is -0.367 e. The van der Waals surface area contributed by atoms with E-state index in [2.05, 4.69) is 70.8 Å². The minimum atomic E-state index is 0.336. The number of fused-ring (bicyclic) bond motifs is 1. The van der Waals surface area contributed by atoms with Crippen LogP contribution in [0.1, 0.15) is 68.7 Å². The van der Waals surface area contributed by atoms with Gasteiger partial charge in [0, 0.05) is 37.9 Å². The molecule has 4 heteroatoms. The second-order valence-electron chi connectivity index (χ2n) is 9.13. The third-order valence-electron chi connectivity index (χ3n) is 6.49. The van der Waals surface area contributed by atoms with Crippen molar-refractivity contribution >= 4 is 5.82 Å². The van der Waals surface area contributed by atoms with Crippen LogP contribution in [-0.4, -0.2) is 29.0 Å². The van der Waals surface area contributed by atoms with Gasteiger partial charge in [0.25, 0.3) is 0 Å².